The van der Waals surface area contributed by atoms with Crippen LogP contribution in [0.3, 0.4) is 0 Å². The van der Waals surface area contributed by atoms with Gasteiger partial charge in [0.25, 0.3) is 0 Å². The van der Waals surface area contributed by atoms with Crippen molar-refractivity contribution in [1.82, 2.24) is 4.90 Å². The van der Waals surface area contributed by atoms with E-state index < -0.39 is 23.6 Å². The third kappa shape index (κ3) is 7.97. The first kappa shape index (κ1) is 24.3. The van der Waals surface area contributed by atoms with Crippen LogP contribution in [0.25, 0.3) is 0 Å². The second-order valence-electron chi connectivity index (χ2n) is 7.53. The van der Waals surface area contributed by atoms with Gasteiger partial charge in [-0.3, -0.25) is 10.1 Å². The summed E-state index contributed by atoms with van der Waals surface area (Å²) >= 11 is 1.26. The van der Waals surface area contributed by atoms with Crippen LogP contribution in [0.5, 0.6) is 0 Å². The molecule has 0 aromatic heterocycles. The number of ether oxygens (including phenoxy) is 3. The second kappa shape index (κ2) is 10.9. The fraction of sp³-hybridized carbons (Fsp3) is 0.429. The number of hydrogen-bond donors (Lipinski definition) is 1. The quantitative estimate of drug-likeness (QED) is 0.292. The van der Waals surface area contributed by atoms with Crippen LogP contribution >= 0.6 is 11.8 Å². The molecule has 10 heteroatoms. The highest BCUT2D eigenvalue weighted by Gasteiger charge is 2.27. The Labute approximate surface area is 185 Å². The molecular formula is C21H26N2O7S. The topological polar surface area (TPSA) is 111 Å². The summed E-state index contributed by atoms with van der Waals surface area (Å²) in [6.45, 7) is 5.72. The summed E-state index contributed by atoms with van der Waals surface area (Å²) < 4.78 is 15.0. The molecule has 168 valence electrons. The molecule has 0 bridgehead atoms. The predicted molar refractivity (Wildman–Crippen MR) is 115 cm³/mol. The summed E-state index contributed by atoms with van der Waals surface area (Å²) in [5, 5.41) is 3.11. The van der Waals surface area contributed by atoms with Gasteiger partial charge >= 0.3 is 18.0 Å². The van der Waals surface area contributed by atoms with Crippen LogP contribution in [-0.2, 0) is 23.8 Å². The number of nitrogens with zero attached hydrogens (tertiary/aromatic N) is 1. The second-order valence-corrected chi connectivity index (χ2v) is 8.53. The lowest BCUT2D eigenvalue weighted by atomic mass is 10.2. The minimum absolute atomic E-state index is 0.108. The summed E-state index contributed by atoms with van der Waals surface area (Å²) in [4.78, 5) is 48.8. The first-order chi connectivity index (χ1) is 14.6. The van der Waals surface area contributed by atoms with Gasteiger partial charge < -0.3 is 19.1 Å². The third-order valence-corrected chi connectivity index (χ3v) is 4.90. The van der Waals surface area contributed by atoms with Crippen LogP contribution in [0.2, 0.25) is 0 Å². The number of carbonyl (C=O) groups excluding carboxylic acids is 4. The van der Waals surface area contributed by atoms with Crippen molar-refractivity contribution in [2.24, 2.45) is 0 Å². The molecule has 1 saturated heterocycles. The van der Waals surface area contributed by atoms with Crippen LogP contribution in [0.15, 0.2) is 35.4 Å². The summed E-state index contributed by atoms with van der Waals surface area (Å²) in [5.41, 5.74) is 0.205. The van der Waals surface area contributed by atoms with Crippen molar-refractivity contribution in [2.75, 3.05) is 31.3 Å². The molecule has 0 saturated carbocycles. The molecule has 2 amide bonds. The van der Waals surface area contributed by atoms with Gasteiger partial charge in [0.1, 0.15) is 5.60 Å². The average Bonchev–Trinajstić information content (AvgIpc) is 3.03. The van der Waals surface area contributed by atoms with E-state index in [0.717, 1.165) is 0 Å². The van der Waals surface area contributed by atoms with E-state index in [0.29, 0.717) is 29.2 Å². The van der Waals surface area contributed by atoms with Crippen LogP contribution in [0.4, 0.5) is 10.5 Å². The smallest absolute Gasteiger partial charge is 0.412 e. The Morgan fingerprint density at radius 3 is 2.48 bits per heavy atom. The lowest BCUT2D eigenvalue weighted by molar-refractivity contribution is -0.134. The standard InChI is InChI=1S/C21H26N2O7S/c1-21(2,3)30-20(27)22-15-8-6-14(7-9-15)19(26)29-11-5-10-23-16(24)13-31-17(23)12-18(25)28-4/h6-9,12H,5,10-11,13H2,1-4H3,(H,22,27)/b17-12+. The van der Waals surface area contributed by atoms with Crippen molar-refractivity contribution in [3.8, 4) is 0 Å². The van der Waals surface area contributed by atoms with E-state index in [9.17, 15) is 19.2 Å². The van der Waals surface area contributed by atoms with Gasteiger partial charge in [0, 0.05) is 12.2 Å². The van der Waals surface area contributed by atoms with E-state index in [1.807, 2.05) is 0 Å². The molecule has 1 N–H and O–H groups in total. The average molecular weight is 451 g/mol. The van der Waals surface area contributed by atoms with Crippen molar-refractivity contribution in [3.63, 3.8) is 0 Å². The molecule has 0 unspecified atom stereocenters. The highest BCUT2D eigenvalue weighted by Crippen LogP contribution is 2.28. The molecule has 1 aliphatic heterocycles. The molecule has 1 heterocycles. The maximum absolute atomic E-state index is 12.2. The molecule has 1 aliphatic rings. The Morgan fingerprint density at radius 2 is 1.87 bits per heavy atom. The van der Waals surface area contributed by atoms with Gasteiger partial charge in [0.2, 0.25) is 5.91 Å². The third-order valence-electron chi connectivity index (χ3n) is 3.88. The first-order valence-corrected chi connectivity index (χ1v) is 10.6. The van der Waals surface area contributed by atoms with Gasteiger partial charge in [0.15, 0.2) is 0 Å². The van der Waals surface area contributed by atoms with Crippen LogP contribution in [-0.4, -0.2) is 60.5 Å². The van der Waals surface area contributed by atoms with Gasteiger partial charge in [-0.2, -0.15) is 0 Å². The van der Waals surface area contributed by atoms with E-state index in [2.05, 4.69) is 10.1 Å². The number of amides is 2. The van der Waals surface area contributed by atoms with E-state index in [1.54, 1.807) is 32.9 Å². The Morgan fingerprint density at radius 1 is 1.19 bits per heavy atom. The lowest BCUT2D eigenvalue weighted by Crippen LogP contribution is -2.27. The molecular weight excluding hydrogens is 424 g/mol. The highest BCUT2D eigenvalue weighted by molar-refractivity contribution is 8.04. The van der Waals surface area contributed by atoms with Gasteiger partial charge in [-0.1, -0.05) is 11.8 Å². The van der Waals surface area contributed by atoms with Crippen LogP contribution in [0.1, 0.15) is 37.6 Å². The normalized spacial score (nSPS) is 15.0. The van der Waals surface area contributed by atoms with E-state index >= 15 is 0 Å². The molecule has 2 rings (SSSR count). The molecule has 1 fully saturated rings. The Kier molecular flexibility index (Phi) is 8.49. The SMILES string of the molecule is COC(=O)/C=C1/SCC(=O)N1CCCOC(=O)c1ccc(NC(=O)OC(C)(C)C)cc1. The van der Waals surface area contributed by atoms with Crippen LogP contribution in [0, 0.1) is 0 Å². The number of methoxy groups -OCH3 is 1. The fourth-order valence-corrected chi connectivity index (χ4v) is 3.47. The summed E-state index contributed by atoms with van der Waals surface area (Å²) in [7, 11) is 1.27. The number of benzene rings is 1. The van der Waals surface area contributed by atoms with Crippen molar-refractivity contribution < 1.29 is 33.4 Å². The zero-order chi connectivity index (χ0) is 23.0. The van der Waals surface area contributed by atoms with Crippen molar-refractivity contribution in [2.45, 2.75) is 32.8 Å². The van der Waals surface area contributed by atoms with Gasteiger partial charge in [0.05, 0.1) is 36.1 Å². The maximum Gasteiger partial charge on any atom is 0.412 e. The first-order valence-electron chi connectivity index (χ1n) is 9.59. The zero-order valence-corrected chi connectivity index (χ0v) is 18.7. The summed E-state index contributed by atoms with van der Waals surface area (Å²) in [5.74, 6) is -0.902. The lowest BCUT2D eigenvalue weighted by Gasteiger charge is -2.19. The molecule has 0 radical (unpaired) electrons. The fourth-order valence-electron chi connectivity index (χ4n) is 2.51. The minimum Gasteiger partial charge on any atom is -0.466 e. The number of carbonyl (C=O) groups is 4. The molecule has 0 spiro atoms. The number of esters is 2. The number of rotatable bonds is 7. The van der Waals surface area contributed by atoms with E-state index in [-0.39, 0.29) is 18.3 Å². The molecule has 1 aromatic rings. The van der Waals surface area contributed by atoms with Gasteiger partial charge in [-0.05, 0) is 51.5 Å². The zero-order valence-electron chi connectivity index (χ0n) is 17.9. The largest absolute Gasteiger partial charge is 0.466 e. The Balaban J connectivity index is 1.80. The minimum atomic E-state index is -0.609. The predicted octanol–water partition coefficient (Wildman–Crippen LogP) is 3.17. The van der Waals surface area contributed by atoms with Crippen molar-refractivity contribution in [1.29, 1.82) is 0 Å². The van der Waals surface area contributed by atoms with Gasteiger partial charge in [-0.25, -0.2) is 14.4 Å². The number of thioether (sulfide) groups is 1. The number of hydrogen-bond acceptors (Lipinski definition) is 8. The molecule has 9 nitrogen and oxygen atoms in total. The Hall–Kier alpha value is -3.01. The van der Waals surface area contributed by atoms with Crippen LogP contribution < -0.4 is 5.32 Å². The highest BCUT2D eigenvalue weighted by atomic mass is 32.2. The molecule has 0 atom stereocenters. The van der Waals surface area contributed by atoms with E-state index in [4.69, 9.17) is 9.47 Å². The molecule has 0 aliphatic carbocycles. The van der Waals surface area contributed by atoms with Crippen molar-refractivity contribution in [3.05, 3.63) is 40.9 Å². The number of nitrogens with one attached hydrogen (secondary N) is 1. The summed E-state index contributed by atoms with van der Waals surface area (Å²) in [6, 6.07) is 6.22. The molecule has 31 heavy (non-hydrogen) atoms. The Bertz CT molecular complexity index is 859. The monoisotopic (exact) mass is 450 g/mol. The van der Waals surface area contributed by atoms with E-state index in [1.165, 1.54) is 42.0 Å². The summed E-state index contributed by atoms with van der Waals surface area (Å²) in [6.07, 6.45) is 1.10. The van der Waals surface area contributed by atoms with Crippen molar-refractivity contribution >= 4 is 41.4 Å². The van der Waals surface area contributed by atoms with Gasteiger partial charge in [-0.15, -0.1) is 0 Å². The maximum atomic E-state index is 12.2. The molecule has 1 aromatic carbocycles. The number of anilines is 1.